The lowest BCUT2D eigenvalue weighted by Crippen LogP contribution is -2.49. The second-order valence-electron chi connectivity index (χ2n) is 7.65. The molecule has 0 spiro atoms. The number of anilines is 1. The minimum absolute atomic E-state index is 0.0914. The summed E-state index contributed by atoms with van der Waals surface area (Å²) in [5.74, 6) is -0.971. The van der Waals surface area contributed by atoms with E-state index < -0.39 is 5.97 Å². The maximum atomic E-state index is 15.0. The molecule has 1 saturated carbocycles. The lowest BCUT2D eigenvalue weighted by atomic mass is 9.95. The molecule has 1 saturated heterocycles. The first-order valence-corrected chi connectivity index (χ1v) is 11.1. The molecule has 28 heavy (non-hydrogen) atoms. The Kier molecular flexibility index (Phi) is 5.88. The van der Waals surface area contributed by atoms with Gasteiger partial charge in [-0.05, 0) is 41.9 Å². The van der Waals surface area contributed by atoms with E-state index in [-0.39, 0.29) is 18.2 Å². The van der Waals surface area contributed by atoms with E-state index in [1.807, 2.05) is 34.9 Å². The quantitative estimate of drug-likeness (QED) is 0.708. The molecule has 2 aliphatic rings. The molecule has 1 atom stereocenters. The number of benzene rings is 1. The smallest absolute Gasteiger partial charge is 0.303 e. The first kappa shape index (κ1) is 19.7. The van der Waals surface area contributed by atoms with Crippen LogP contribution in [0.3, 0.4) is 0 Å². The number of aliphatic carboxylic acids is 1. The lowest BCUT2D eigenvalue weighted by Gasteiger charge is -2.41. The molecule has 2 aromatic rings. The van der Waals surface area contributed by atoms with E-state index >= 15 is 0 Å². The topological polar surface area (TPSA) is 53.4 Å². The Labute approximate surface area is 171 Å². The van der Waals surface area contributed by atoms with Crippen molar-refractivity contribution in [2.45, 2.75) is 42.4 Å². The number of thioether (sulfide) groups is 1. The highest BCUT2D eigenvalue weighted by atomic mass is 32.2. The molecule has 0 amide bonds. The minimum Gasteiger partial charge on any atom is -0.481 e. The molecule has 148 valence electrons. The fourth-order valence-corrected chi connectivity index (χ4v) is 5.93. The van der Waals surface area contributed by atoms with E-state index in [0.717, 1.165) is 21.5 Å². The standard InChI is InChI=1S/C21H24FN2O2PS/c22-17-9-14(10-18(27)20(17)24-11-13(12-24)8-19(25)26)16-6-3-7-23-21(16)28-15-4-1-2-5-15/h3,6-7,9-10,13,15H,1-2,4-5,8,11-12,27H2,(H,25,26). The maximum absolute atomic E-state index is 15.0. The zero-order chi connectivity index (χ0) is 19.7. The summed E-state index contributed by atoms with van der Waals surface area (Å²) in [6, 6.07) is 7.48. The molecular formula is C21H24FN2O2PS. The van der Waals surface area contributed by atoms with Crippen molar-refractivity contribution in [1.82, 2.24) is 4.98 Å². The molecule has 4 nitrogen and oxygen atoms in total. The summed E-state index contributed by atoms with van der Waals surface area (Å²) in [6.07, 6.45) is 6.93. The summed E-state index contributed by atoms with van der Waals surface area (Å²) in [5.41, 5.74) is 2.37. The summed E-state index contributed by atoms with van der Waals surface area (Å²) >= 11 is 1.81. The number of rotatable bonds is 6. The van der Waals surface area contributed by atoms with Gasteiger partial charge in [0.25, 0.3) is 0 Å². The third kappa shape index (κ3) is 4.18. The van der Waals surface area contributed by atoms with E-state index in [1.54, 1.807) is 12.3 Å². The Balaban J connectivity index is 1.56. The number of halogens is 1. The number of carbonyl (C=O) groups is 1. The Morgan fingerprint density at radius 2 is 2.07 bits per heavy atom. The van der Waals surface area contributed by atoms with Crippen LogP contribution in [0.1, 0.15) is 32.1 Å². The number of carboxylic acid groups (broad SMARTS) is 1. The van der Waals surface area contributed by atoms with Gasteiger partial charge >= 0.3 is 5.97 Å². The maximum Gasteiger partial charge on any atom is 0.303 e. The van der Waals surface area contributed by atoms with Crippen LogP contribution < -0.4 is 10.2 Å². The fourth-order valence-electron chi connectivity index (χ4n) is 4.11. The van der Waals surface area contributed by atoms with Crippen molar-refractivity contribution < 1.29 is 14.3 Å². The molecule has 0 bridgehead atoms. The van der Waals surface area contributed by atoms with Gasteiger partial charge in [-0.1, -0.05) is 18.9 Å². The van der Waals surface area contributed by atoms with Gasteiger partial charge in [-0.3, -0.25) is 4.79 Å². The highest BCUT2D eigenvalue weighted by molar-refractivity contribution is 8.00. The predicted octanol–water partition coefficient (Wildman–Crippen LogP) is 4.33. The number of hydrogen-bond donors (Lipinski definition) is 1. The van der Waals surface area contributed by atoms with Gasteiger partial charge in [-0.25, -0.2) is 9.37 Å². The molecule has 7 heteroatoms. The summed E-state index contributed by atoms with van der Waals surface area (Å²) in [4.78, 5) is 17.3. The van der Waals surface area contributed by atoms with Crippen LogP contribution >= 0.6 is 21.0 Å². The van der Waals surface area contributed by atoms with Gasteiger partial charge in [-0.15, -0.1) is 21.0 Å². The summed E-state index contributed by atoms with van der Waals surface area (Å²) in [5, 5.41) is 11.3. The highest BCUT2D eigenvalue weighted by Gasteiger charge is 2.31. The molecular weight excluding hydrogens is 394 g/mol. The van der Waals surface area contributed by atoms with Gasteiger partial charge in [0.15, 0.2) is 0 Å². The van der Waals surface area contributed by atoms with Gasteiger partial charge in [-0.2, -0.15) is 0 Å². The molecule has 2 heterocycles. The molecule has 1 aliphatic carbocycles. The Morgan fingerprint density at radius 3 is 2.75 bits per heavy atom. The molecule has 0 radical (unpaired) electrons. The van der Waals surface area contributed by atoms with Crippen molar-refractivity contribution in [3.05, 3.63) is 36.3 Å². The number of pyridine rings is 1. The first-order chi connectivity index (χ1) is 13.5. The van der Waals surface area contributed by atoms with Crippen LogP contribution in [0.15, 0.2) is 35.5 Å². The SMILES string of the molecule is O=C(O)CC1CN(c2c(F)cc(-c3cccnc3SC3CCCC3)cc2P)C1. The van der Waals surface area contributed by atoms with Crippen molar-refractivity contribution in [2.75, 3.05) is 18.0 Å². The van der Waals surface area contributed by atoms with Crippen LogP contribution in [0.2, 0.25) is 0 Å². The Hall–Kier alpha value is -1.65. The van der Waals surface area contributed by atoms with Crippen LogP contribution in [0, 0.1) is 11.7 Å². The van der Waals surface area contributed by atoms with Gasteiger partial charge in [0.2, 0.25) is 0 Å². The van der Waals surface area contributed by atoms with Crippen molar-refractivity contribution >= 4 is 38.0 Å². The molecule has 1 aliphatic heterocycles. The zero-order valence-corrected chi connectivity index (χ0v) is 17.6. The first-order valence-electron chi connectivity index (χ1n) is 9.69. The van der Waals surface area contributed by atoms with Gasteiger partial charge in [0, 0.05) is 36.0 Å². The molecule has 1 aromatic heterocycles. The molecule has 1 aromatic carbocycles. The van der Waals surface area contributed by atoms with Crippen molar-refractivity contribution in [1.29, 1.82) is 0 Å². The monoisotopic (exact) mass is 418 g/mol. The van der Waals surface area contributed by atoms with Gasteiger partial charge in [0.05, 0.1) is 12.1 Å². The molecule has 4 rings (SSSR count). The molecule has 1 N–H and O–H groups in total. The third-order valence-corrected chi connectivity index (χ3v) is 7.29. The van der Waals surface area contributed by atoms with E-state index in [9.17, 15) is 9.18 Å². The van der Waals surface area contributed by atoms with Crippen molar-refractivity contribution in [3.63, 3.8) is 0 Å². The lowest BCUT2D eigenvalue weighted by molar-refractivity contribution is -0.138. The second-order valence-corrected chi connectivity index (χ2v) is 9.56. The third-order valence-electron chi connectivity index (χ3n) is 5.49. The average molecular weight is 418 g/mol. The Morgan fingerprint density at radius 1 is 1.32 bits per heavy atom. The van der Waals surface area contributed by atoms with Crippen molar-refractivity contribution in [2.24, 2.45) is 5.92 Å². The average Bonchev–Trinajstić information content (AvgIpc) is 3.12. The van der Waals surface area contributed by atoms with Crippen LogP contribution in [-0.4, -0.2) is 34.4 Å². The number of aromatic nitrogens is 1. The fraction of sp³-hybridized carbons (Fsp3) is 0.429. The second kappa shape index (κ2) is 8.38. The summed E-state index contributed by atoms with van der Waals surface area (Å²) < 4.78 is 15.0. The summed E-state index contributed by atoms with van der Waals surface area (Å²) in [6.45, 7) is 1.17. The van der Waals surface area contributed by atoms with Crippen LogP contribution in [0.25, 0.3) is 11.1 Å². The normalized spacial score (nSPS) is 17.7. The van der Waals surface area contributed by atoms with Crippen LogP contribution in [-0.2, 0) is 4.79 Å². The molecule has 2 fully saturated rings. The number of hydrogen-bond acceptors (Lipinski definition) is 4. The van der Waals surface area contributed by atoms with Gasteiger partial charge < -0.3 is 10.0 Å². The highest BCUT2D eigenvalue weighted by Crippen LogP contribution is 2.39. The van der Waals surface area contributed by atoms with Gasteiger partial charge in [0.1, 0.15) is 10.8 Å². The van der Waals surface area contributed by atoms with Crippen molar-refractivity contribution in [3.8, 4) is 11.1 Å². The Bertz CT molecular complexity index is 859. The van der Waals surface area contributed by atoms with E-state index in [2.05, 4.69) is 14.2 Å². The summed E-state index contributed by atoms with van der Waals surface area (Å²) in [7, 11) is 2.64. The largest absolute Gasteiger partial charge is 0.481 e. The van der Waals surface area contributed by atoms with Crippen LogP contribution in [0.4, 0.5) is 10.1 Å². The predicted molar refractivity (Wildman–Crippen MR) is 115 cm³/mol. The number of carboxylic acids is 1. The van der Waals surface area contributed by atoms with E-state index in [4.69, 9.17) is 5.11 Å². The minimum atomic E-state index is -0.796. The van der Waals surface area contributed by atoms with E-state index in [0.29, 0.717) is 24.0 Å². The van der Waals surface area contributed by atoms with E-state index in [1.165, 1.54) is 25.7 Å². The van der Waals surface area contributed by atoms with Crippen LogP contribution in [0.5, 0.6) is 0 Å². The molecule has 1 unspecified atom stereocenters. The zero-order valence-electron chi connectivity index (χ0n) is 15.6. The number of nitrogens with zero attached hydrogens (tertiary/aromatic N) is 2.